The van der Waals surface area contributed by atoms with Crippen LogP contribution in [0.15, 0.2) is 36.7 Å². The number of halogens is 1. The van der Waals surface area contributed by atoms with Gasteiger partial charge in [0.25, 0.3) is 0 Å². The van der Waals surface area contributed by atoms with Crippen molar-refractivity contribution in [3.63, 3.8) is 0 Å². The maximum atomic E-state index is 12.6. The molecule has 0 unspecified atom stereocenters. The maximum Gasteiger partial charge on any atom is 0.149 e. The standard InChI is InChI=1S/C10H9FN4/c11-7-1-3-8(4-2-7)15-10-6-13-9(12)5-14-10/h1-6H,(H2,12,13)(H,14,15). The first-order valence-corrected chi connectivity index (χ1v) is 4.34. The van der Waals surface area contributed by atoms with Gasteiger partial charge >= 0.3 is 0 Å². The molecule has 15 heavy (non-hydrogen) atoms. The first-order chi connectivity index (χ1) is 7.24. The van der Waals surface area contributed by atoms with Crippen LogP contribution in [-0.2, 0) is 0 Å². The Kier molecular flexibility index (Phi) is 2.45. The number of rotatable bonds is 2. The quantitative estimate of drug-likeness (QED) is 0.784. The summed E-state index contributed by atoms with van der Waals surface area (Å²) in [6, 6.07) is 5.97. The zero-order valence-corrected chi connectivity index (χ0v) is 7.81. The summed E-state index contributed by atoms with van der Waals surface area (Å²) >= 11 is 0. The molecule has 0 fully saturated rings. The Morgan fingerprint density at radius 3 is 2.40 bits per heavy atom. The predicted octanol–water partition coefficient (Wildman–Crippen LogP) is 1.94. The van der Waals surface area contributed by atoms with Crippen molar-refractivity contribution >= 4 is 17.3 Å². The lowest BCUT2D eigenvalue weighted by atomic mass is 10.3. The van der Waals surface area contributed by atoms with Gasteiger partial charge in [-0.1, -0.05) is 0 Å². The summed E-state index contributed by atoms with van der Waals surface area (Å²) in [4.78, 5) is 7.88. The second-order valence-electron chi connectivity index (χ2n) is 2.96. The number of nitrogens with one attached hydrogen (secondary N) is 1. The van der Waals surface area contributed by atoms with Crippen molar-refractivity contribution in [2.24, 2.45) is 0 Å². The first-order valence-electron chi connectivity index (χ1n) is 4.34. The van der Waals surface area contributed by atoms with Crippen LogP contribution >= 0.6 is 0 Å². The average molecular weight is 204 g/mol. The van der Waals surface area contributed by atoms with E-state index < -0.39 is 0 Å². The zero-order chi connectivity index (χ0) is 10.7. The largest absolute Gasteiger partial charge is 0.382 e. The fraction of sp³-hybridized carbons (Fsp3) is 0. The molecule has 1 heterocycles. The van der Waals surface area contributed by atoms with Gasteiger partial charge in [0.1, 0.15) is 17.5 Å². The second kappa shape index (κ2) is 3.91. The maximum absolute atomic E-state index is 12.6. The molecule has 2 rings (SSSR count). The molecule has 2 aromatic rings. The zero-order valence-electron chi connectivity index (χ0n) is 7.81. The minimum Gasteiger partial charge on any atom is -0.382 e. The molecule has 0 bridgehead atoms. The van der Waals surface area contributed by atoms with Crippen molar-refractivity contribution in [2.45, 2.75) is 0 Å². The van der Waals surface area contributed by atoms with E-state index in [2.05, 4.69) is 15.3 Å². The van der Waals surface area contributed by atoms with Crippen LogP contribution in [0.1, 0.15) is 0 Å². The summed E-state index contributed by atoms with van der Waals surface area (Å²) < 4.78 is 12.6. The van der Waals surface area contributed by atoms with Crippen LogP contribution in [0.2, 0.25) is 0 Å². The molecule has 0 amide bonds. The molecule has 1 aromatic carbocycles. The lowest BCUT2D eigenvalue weighted by molar-refractivity contribution is 0.628. The molecule has 3 N–H and O–H groups in total. The van der Waals surface area contributed by atoms with Gasteiger partial charge in [0.15, 0.2) is 0 Å². The number of nitrogens with zero attached hydrogens (tertiary/aromatic N) is 2. The van der Waals surface area contributed by atoms with Gasteiger partial charge in [0.05, 0.1) is 12.4 Å². The number of nitrogens with two attached hydrogens (primary N) is 1. The molecule has 0 atom stereocenters. The molecule has 5 heteroatoms. The second-order valence-corrected chi connectivity index (χ2v) is 2.96. The number of hydrogen-bond acceptors (Lipinski definition) is 4. The number of hydrogen-bond donors (Lipinski definition) is 2. The van der Waals surface area contributed by atoms with Crippen molar-refractivity contribution in [1.82, 2.24) is 9.97 Å². The smallest absolute Gasteiger partial charge is 0.149 e. The summed E-state index contributed by atoms with van der Waals surface area (Å²) in [6.45, 7) is 0. The minimum atomic E-state index is -0.274. The Balaban J connectivity index is 2.15. The number of aromatic nitrogens is 2. The molecular weight excluding hydrogens is 195 g/mol. The first kappa shape index (κ1) is 9.39. The van der Waals surface area contributed by atoms with E-state index in [1.54, 1.807) is 12.1 Å². The van der Waals surface area contributed by atoms with Gasteiger partial charge in [-0.3, -0.25) is 0 Å². The predicted molar refractivity (Wildman–Crippen MR) is 56.1 cm³/mol. The van der Waals surface area contributed by atoms with Gasteiger partial charge in [0.2, 0.25) is 0 Å². The molecule has 0 radical (unpaired) electrons. The van der Waals surface area contributed by atoms with Crippen LogP contribution in [0, 0.1) is 5.82 Å². The number of nitrogen functional groups attached to an aromatic ring is 1. The number of anilines is 3. The Hall–Kier alpha value is -2.17. The third-order valence-electron chi connectivity index (χ3n) is 1.79. The molecule has 4 nitrogen and oxygen atoms in total. The van der Waals surface area contributed by atoms with Crippen LogP contribution in [0.3, 0.4) is 0 Å². The third-order valence-corrected chi connectivity index (χ3v) is 1.79. The Bertz CT molecular complexity index is 394. The van der Waals surface area contributed by atoms with Crippen LogP contribution in [0.5, 0.6) is 0 Å². The van der Waals surface area contributed by atoms with E-state index in [4.69, 9.17) is 5.73 Å². The summed E-state index contributed by atoms with van der Waals surface area (Å²) in [6.07, 6.45) is 2.96. The van der Waals surface area contributed by atoms with E-state index in [0.717, 1.165) is 5.69 Å². The molecule has 1 aromatic heterocycles. The highest BCUT2D eigenvalue weighted by Crippen LogP contribution is 2.13. The summed E-state index contributed by atoms with van der Waals surface area (Å²) in [5, 5.41) is 2.96. The lowest BCUT2D eigenvalue weighted by Crippen LogP contribution is -1.96. The Labute approximate surface area is 86.0 Å². The van der Waals surface area contributed by atoms with Gasteiger partial charge in [0, 0.05) is 5.69 Å². The molecule has 0 aliphatic heterocycles. The van der Waals surface area contributed by atoms with Gasteiger partial charge in [-0.2, -0.15) is 0 Å². The monoisotopic (exact) mass is 204 g/mol. The molecule has 0 aliphatic carbocycles. The molecule has 0 spiro atoms. The minimum absolute atomic E-state index is 0.274. The fourth-order valence-electron chi connectivity index (χ4n) is 1.08. The van der Waals surface area contributed by atoms with Gasteiger partial charge in [-0.05, 0) is 24.3 Å². The van der Waals surface area contributed by atoms with E-state index in [9.17, 15) is 4.39 Å². The van der Waals surface area contributed by atoms with Crippen LogP contribution in [0.4, 0.5) is 21.7 Å². The molecule has 76 valence electrons. The highest BCUT2D eigenvalue weighted by atomic mass is 19.1. The Morgan fingerprint density at radius 2 is 1.80 bits per heavy atom. The molecule has 0 saturated carbocycles. The van der Waals surface area contributed by atoms with Crippen molar-refractivity contribution in [2.75, 3.05) is 11.1 Å². The van der Waals surface area contributed by atoms with Crippen LogP contribution in [-0.4, -0.2) is 9.97 Å². The average Bonchev–Trinajstić information content (AvgIpc) is 2.25. The molecule has 0 aliphatic rings. The topological polar surface area (TPSA) is 63.8 Å². The normalized spacial score (nSPS) is 9.93. The van der Waals surface area contributed by atoms with Gasteiger partial charge in [-0.15, -0.1) is 0 Å². The van der Waals surface area contributed by atoms with Crippen molar-refractivity contribution in [3.8, 4) is 0 Å². The van der Waals surface area contributed by atoms with Crippen molar-refractivity contribution < 1.29 is 4.39 Å². The van der Waals surface area contributed by atoms with Crippen LogP contribution < -0.4 is 11.1 Å². The van der Waals surface area contributed by atoms with E-state index in [1.807, 2.05) is 0 Å². The number of benzene rings is 1. The lowest BCUT2D eigenvalue weighted by Gasteiger charge is -2.04. The highest BCUT2D eigenvalue weighted by Gasteiger charge is 1.96. The van der Waals surface area contributed by atoms with Crippen molar-refractivity contribution in [3.05, 3.63) is 42.5 Å². The van der Waals surface area contributed by atoms with E-state index in [0.29, 0.717) is 11.6 Å². The Morgan fingerprint density at radius 1 is 1.07 bits per heavy atom. The van der Waals surface area contributed by atoms with Crippen molar-refractivity contribution in [1.29, 1.82) is 0 Å². The van der Waals surface area contributed by atoms with E-state index in [-0.39, 0.29) is 5.82 Å². The summed E-state index contributed by atoms with van der Waals surface area (Å²) in [5.74, 6) is 0.652. The SMILES string of the molecule is Nc1cnc(Nc2ccc(F)cc2)cn1. The summed E-state index contributed by atoms with van der Waals surface area (Å²) in [7, 11) is 0. The molecular formula is C10H9FN4. The summed E-state index contributed by atoms with van der Waals surface area (Å²) in [5.41, 5.74) is 6.13. The molecule has 0 saturated heterocycles. The highest BCUT2D eigenvalue weighted by molar-refractivity contribution is 5.55. The fourth-order valence-corrected chi connectivity index (χ4v) is 1.08. The van der Waals surface area contributed by atoms with Gasteiger partial charge in [-0.25, -0.2) is 14.4 Å². The van der Waals surface area contributed by atoms with Gasteiger partial charge < -0.3 is 11.1 Å². The van der Waals surface area contributed by atoms with E-state index in [1.165, 1.54) is 24.5 Å². The van der Waals surface area contributed by atoms with Crippen LogP contribution in [0.25, 0.3) is 0 Å². The van der Waals surface area contributed by atoms with E-state index >= 15 is 0 Å². The third kappa shape index (κ3) is 2.40.